The number of hydrogen-bond donors (Lipinski definition) is 1. The minimum absolute atomic E-state index is 0.212. The van der Waals surface area contributed by atoms with E-state index >= 15 is 0 Å². The number of aryl methyl sites for hydroxylation is 1. The molecule has 1 aromatic rings. The van der Waals surface area contributed by atoms with Crippen molar-refractivity contribution in [3.05, 3.63) is 28.8 Å². The maximum atomic E-state index is 5.96. The van der Waals surface area contributed by atoms with Gasteiger partial charge >= 0.3 is 0 Å². The fourth-order valence-electron chi connectivity index (χ4n) is 2.10. The van der Waals surface area contributed by atoms with E-state index in [0.717, 1.165) is 18.6 Å². The van der Waals surface area contributed by atoms with Gasteiger partial charge in [0.2, 0.25) is 0 Å². The van der Waals surface area contributed by atoms with Gasteiger partial charge in [-0.25, -0.2) is 0 Å². The van der Waals surface area contributed by atoms with Crippen molar-refractivity contribution in [1.29, 1.82) is 0 Å². The highest BCUT2D eigenvalue weighted by molar-refractivity contribution is 5.49. The molecule has 0 aromatic heterocycles. The van der Waals surface area contributed by atoms with Gasteiger partial charge in [-0.1, -0.05) is 12.1 Å². The van der Waals surface area contributed by atoms with Crippen LogP contribution in [0, 0.1) is 6.92 Å². The van der Waals surface area contributed by atoms with Crippen molar-refractivity contribution in [1.82, 2.24) is 0 Å². The molecule has 1 atom stereocenters. The van der Waals surface area contributed by atoms with Crippen LogP contribution in [0.25, 0.3) is 0 Å². The van der Waals surface area contributed by atoms with Crippen molar-refractivity contribution < 1.29 is 4.74 Å². The van der Waals surface area contributed by atoms with Crippen molar-refractivity contribution >= 4 is 0 Å². The monoisotopic (exact) mass is 177 g/mol. The summed E-state index contributed by atoms with van der Waals surface area (Å²) in [4.78, 5) is 0. The van der Waals surface area contributed by atoms with E-state index in [1.165, 1.54) is 16.7 Å². The van der Waals surface area contributed by atoms with Gasteiger partial charge in [0.05, 0.1) is 7.11 Å². The lowest BCUT2D eigenvalue weighted by Crippen LogP contribution is -2.05. The molecule has 13 heavy (non-hydrogen) atoms. The number of nitrogens with two attached hydrogens (primary N) is 1. The molecule has 1 aliphatic rings. The first-order valence-corrected chi connectivity index (χ1v) is 4.66. The quantitative estimate of drug-likeness (QED) is 0.711. The molecule has 2 rings (SSSR count). The second-order valence-corrected chi connectivity index (χ2v) is 3.63. The fourth-order valence-corrected chi connectivity index (χ4v) is 2.10. The lowest BCUT2D eigenvalue weighted by molar-refractivity contribution is 0.407. The maximum absolute atomic E-state index is 5.96. The average molecular weight is 177 g/mol. The summed E-state index contributed by atoms with van der Waals surface area (Å²) in [6.45, 7) is 2.07. The summed E-state index contributed by atoms with van der Waals surface area (Å²) < 4.78 is 5.38. The summed E-state index contributed by atoms with van der Waals surface area (Å²) in [5, 5.41) is 0. The first-order chi connectivity index (χ1) is 6.24. The van der Waals surface area contributed by atoms with E-state index in [1.807, 2.05) is 0 Å². The largest absolute Gasteiger partial charge is 0.496 e. The van der Waals surface area contributed by atoms with Crippen LogP contribution in [0.5, 0.6) is 5.75 Å². The Bertz CT molecular complexity index is 333. The van der Waals surface area contributed by atoms with E-state index in [1.54, 1.807) is 7.11 Å². The summed E-state index contributed by atoms with van der Waals surface area (Å²) >= 11 is 0. The number of hydrogen-bond acceptors (Lipinski definition) is 2. The van der Waals surface area contributed by atoms with Gasteiger partial charge in [0.1, 0.15) is 5.75 Å². The van der Waals surface area contributed by atoms with Crippen LogP contribution in [-0.2, 0) is 6.42 Å². The summed E-state index contributed by atoms with van der Waals surface area (Å²) in [6, 6.07) is 4.43. The molecular formula is C11H15NO. The van der Waals surface area contributed by atoms with E-state index < -0.39 is 0 Å². The number of methoxy groups -OCH3 is 1. The molecule has 1 aliphatic carbocycles. The molecule has 0 unspecified atom stereocenters. The summed E-state index contributed by atoms with van der Waals surface area (Å²) in [5.74, 6) is 1.03. The molecule has 0 aliphatic heterocycles. The maximum Gasteiger partial charge on any atom is 0.125 e. The van der Waals surface area contributed by atoms with E-state index in [2.05, 4.69) is 19.1 Å². The average Bonchev–Trinajstić information content (AvgIpc) is 2.48. The van der Waals surface area contributed by atoms with Gasteiger partial charge in [-0.2, -0.15) is 0 Å². The van der Waals surface area contributed by atoms with Crippen LogP contribution >= 0.6 is 0 Å². The third kappa shape index (κ3) is 1.22. The predicted octanol–water partition coefficient (Wildman–Crippen LogP) is 1.95. The molecule has 2 nitrogen and oxygen atoms in total. The summed E-state index contributed by atoms with van der Waals surface area (Å²) in [5.41, 5.74) is 9.75. The SMILES string of the molecule is COc1c(C)ccc2c1CC[C@@H]2N. The zero-order chi connectivity index (χ0) is 9.42. The zero-order valence-corrected chi connectivity index (χ0v) is 8.13. The molecule has 70 valence electrons. The van der Waals surface area contributed by atoms with Crippen molar-refractivity contribution in [3.63, 3.8) is 0 Å². The van der Waals surface area contributed by atoms with Gasteiger partial charge in [0.25, 0.3) is 0 Å². The van der Waals surface area contributed by atoms with E-state index in [-0.39, 0.29) is 6.04 Å². The topological polar surface area (TPSA) is 35.2 Å². The van der Waals surface area contributed by atoms with Gasteiger partial charge in [0.15, 0.2) is 0 Å². The van der Waals surface area contributed by atoms with Crippen molar-refractivity contribution in [2.24, 2.45) is 5.73 Å². The normalized spacial score (nSPS) is 20.1. The van der Waals surface area contributed by atoms with Crippen LogP contribution in [0.15, 0.2) is 12.1 Å². The summed E-state index contributed by atoms with van der Waals surface area (Å²) in [7, 11) is 1.73. The van der Waals surface area contributed by atoms with Gasteiger partial charge in [-0.15, -0.1) is 0 Å². The predicted molar refractivity (Wildman–Crippen MR) is 53.0 cm³/mol. The molecule has 0 saturated heterocycles. The van der Waals surface area contributed by atoms with Gasteiger partial charge in [-0.05, 0) is 36.5 Å². The van der Waals surface area contributed by atoms with Crippen molar-refractivity contribution in [3.8, 4) is 5.75 Å². The highest BCUT2D eigenvalue weighted by Gasteiger charge is 2.22. The molecule has 0 spiro atoms. The number of benzene rings is 1. The van der Waals surface area contributed by atoms with Crippen LogP contribution in [0.4, 0.5) is 0 Å². The smallest absolute Gasteiger partial charge is 0.125 e. The van der Waals surface area contributed by atoms with Crippen molar-refractivity contribution in [2.45, 2.75) is 25.8 Å². The highest BCUT2D eigenvalue weighted by Crippen LogP contribution is 2.37. The van der Waals surface area contributed by atoms with Crippen molar-refractivity contribution in [2.75, 3.05) is 7.11 Å². The van der Waals surface area contributed by atoms with Crippen LogP contribution in [-0.4, -0.2) is 7.11 Å². The first-order valence-electron chi connectivity index (χ1n) is 4.66. The first kappa shape index (κ1) is 8.57. The standard InChI is InChI=1S/C11H15NO/c1-7-3-4-8-9(11(7)13-2)5-6-10(8)12/h3-4,10H,5-6,12H2,1-2H3/t10-/m0/s1. The molecular weight excluding hydrogens is 162 g/mol. The Balaban J connectivity index is 2.57. The lowest BCUT2D eigenvalue weighted by Gasteiger charge is -2.11. The van der Waals surface area contributed by atoms with Crippen LogP contribution in [0.3, 0.4) is 0 Å². The van der Waals surface area contributed by atoms with Crippen LogP contribution in [0.2, 0.25) is 0 Å². The second-order valence-electron chi connectivity index (χ2n) is 3.63. The molecule has 0 fully saturated rings. The Morgan fingerprint density at radius 2 is 2.23 bits per heavy atom. The fraction of sp³-hybridized carbons (Fsp3) is 0.455. The second kappa shape index (κ2) is 3.04. The zero-order valence-electron chi connectivity index (χ0n) is 8.13. The van der Waals surface area contributed by atoms with Crippen LogP contribution in [0.1, 0.15) is 29.2 Å². The Kier molecular flexibility index (Phi) is 2.00. The number of ether oxygens (including phenoxy) is 1. The van der Waals surface area contributed by atoms with Gasteiger partial charge in [-0.3, -0.25) is 0 Å². The lowest BCUT2D eigenvalue weighted by atomic mass is 10.0. The minimum Gasteiger partial charge on any atom is -0.496 e. The van der Waals surface area contributed by atoms with Crippen LogP contribution < -0.4 is 10.5 Å². The highest BCUT2D eigenvalue weighted by atomic mass is 16.5. The minimum atomic E-state index is 0.212. The summed E-state index contributed by atoms with van der Waals surface area (Å²) in [6.07, 6.45) is 2.11. The Morgan fingerprint density at radius 3 is 2.92 bits per heavy atom. The third-order valence-electron chi connectivity index (χ3n) is 2.80. The third-order valence-corrected chi connectivity index (χ3v) is 2.80. The Labute approximate surface area is 78.7 Å². The molecule has 0 saturated carbocycles. The molecule has 0 bridgehead atoms. The Hall–Kier alpha value is -1.02. The molecule has 0 amide bonds. The number of rotatable bonds is 1. The molecule has 2 heteroatoms. The van der Waals surface area contributed by atoms with Gasteiger partial charge < -0.3 is 10.5 Å². The van der Waals surface area contributed by atoms with E-state index in [0.29, 0.717) is 0 Å². The molecule has 0 radical (unpaired) electrons. The molecule has 2 N–H and O–H groups in total. The molecule has 0 heterocycles. The molecule has 1 aromatic carbocycles. The van der Waals surface area contributed by atoms with E-state index in [9.17, 15) is 0 Å². The Morgan fingerprint density at radius 1 is 1.46 bits per heavy atom. The number of fused-ring (bicyclic) bond motifs is 1. The van der Waals surface area contributed by atoms with E-state index in [4.69, 9.17) is 10.5 Å². The van der Waals surface area contributed by atoms with Gasteiger partial charge in [0, 0.05) is 6.04 Å².